The first-order chi connectivity index (χ1) is 11.0. The largest absolute Gasteiger partial charge is 0.482 e. The van der Waals surface area contributed by atoms with E-state index in [9.17, 15) is 9.59 Å². The van der Waals surface area contributed by atoms with Crippen LogP contribution in [-0.4, -0.2) is 25.5 Å². The maximum atomic E-state index is 12.4. The molecular weight excluding hydrogens is 292 g/mol. The van der Waals surface area contributed by atoms with Crippen molar-refractivity contribution in [3.63, 3.8) is 0 Å². The van der Waals surface area contributed by atoms with E-state index < -0.39 is 0 Å². The second kappa shape index (κ2) is 5.76. The number of hydrogen-bond donors (Lipinski definition) is 1. The van der Waals surface area contributed by atoms with Gasteiger partial charge in [0.1, 0.15) is 5.75 Å². The van der Waals surface area contributed by atoms with E-state index in [1.165, 1.54) is 10.5 Å². The number of benzene rings is 2. The molecule has 0 spiro atoms. The second-order valence-electron chi connectivity index (χ2n) is 5.68. The van der Waals surface area contributed by atoms with Gasteiger partial charge in [-0.3, -0.25) is 9.59 Å². The van der Waals surface area contributed by atoms with Gasteiger partial charge in [-0.05, 0) is 55.3 Å². The number of carbonyl (C=O) groups is 2. The highest BCUT2D eigenvalue weighted by atomic mass is 16.5. The number of fused-ring (bicyclic) bond motifs is 1. The van der Waals surface area contributed by atoms with Gasteiger partial charge in [-0.2, -0.15) is 0 Å². The Hall–Kier alpha value is -2.82. The highest BCUT2D eigenvalue weighted by molar-refractivity contribution is 6.06. The lowest BCUT2D eigenvalue weighted by Crippen LogP contribution is -2.35. The maximum absolute atomic E-state index is 12.4. The molecule has 2 amide bonds. The van der Waals surface area contributed by atoms with E-state index in [0.717, 1.165) is 11.3 Å². The Morgan fingerprint density at radius 1 is 1.13 bits per heavy atom. The van der Waals surface area contributed by atoms with Gasteiger partial charge >= 0.3 is 0 Å². The van der Waals surface area contributed by atoms with E-state index in [0.29, 0.717) is 17.0 Å². The van der Waals surface area contributed by atoms with Crippen molar-refractivity contribution >= 4 is 23.2 Å². The van der Waals surface area contributed by atoms with E-state index >= 15 is 0 Å². The molecule has 0 bridgehead atoms. The van der Waals surface area contributed by atoms with Crippen LogP contribution in [0.1, 0.15) is 21.5 Å². The predicted molar refractivity (Wildman–Crippen MR) is 89.2 cm³/mol. The van der Waals surface area contributed by atoms with Gasteiger partial charge in [0.15, 0.2) is 6.61 Å². The molecule has 2 aromatic rings. The molecule has 118 valence electrons. The van der Waals surface area contributed by atoms with Crippen molar-refractivity contribution in [1.29, 1.82) is 0 Å². The van der Waals surface area contributed by atoms with Crippen LogP contribution < -0.4 is 15.0 Å². The SMILES string of the molecule is Cc1ccc(NC(=O)c2ccc3c(c2)N(C)C(=O)CO3)cc1C. The number of carbonyl (C=O) groups excluding carboxylic acids is 2. The molecule has 0 atom stereocenters. The highest BCUT2D eigenvalue weighted by Crippen LogP contribution is 2.32. The summed E-state index contributed by atoms with van der Waals surface area (Å²) in [5.74, 6) is 0.251. The van der Waals surface area contributed by atoms with Crippen molar-refractivity contribution in [3.05, 3.63) is 53.1 Å². The zero-order valence-corrected chi connectivity index (χ0v) is 13.3. The summed E-state index contributed by atoms with van der Waals surface area (Å²) in [7, 11) is 1.68. The zero-order valence-electron chi connectivity index (χ0n) is 13.3. The molecule has 2 aromatic carbocycles. The third kappa shape index (κ3) is 2.90. The lowest BCUT2D eigenvalue weighted by Gasteiger charge is -2.26. The van der Waals surface area contributed by atoms with Crippen molar-refractivity contribution < 1.29 is 14.3 Å². The summed E-state index contributed by atoms with van der Waals surface area (Å²) in [6.07, 6.45) is 0. The molecule has 0 fully saturated rings. The Morgan fingerprint density at radius 2 is 1.91 bits per heavy atom. The molecule has 5 heteroatoms. The van der Waals surface area contributed by atoms with Crippen molar-refractivity contribution in [2.75, 3.05) is 23.9 Å². The van der Waals surface area contributed by atoms with Gasteiger partial charge in [-0.1, -0.05) is 6.07 Å². The number of likely N-dealkylation sites (N-methyl/N-ethyl adjacent to an activating group) is 1. The van der Waals surface area contributed by atoms with Crippen LogP contribution in [0.4, 0.5) is 11.4 Å². The third-order valence-corrected chi connectivity index (χ3v) is 4.07. The summed E-state index contributed by atoms with van der Waals surface area (Å²) >= 11 is 0. The number of nitrogens with zero attached hydrogens (tertiary/aromatic N) is 1. The van der Waals surface area contributed by atoms with Crippen LogP contribution >= 0.6 is 0 Å². The Balaban J connectivity index is 1.85. The molecule has 0 saturated heterocycles. The van der Waals surface area contributed by atoms with E-state index in [2.05, 4.69) is 5.32 Å². The molecule has 23 heavy (non-hydrogen) atoms. The van der Waals surface area contributed by atoms with Crippen molar-refractivity contribution in [2.24, 2.45) is 0 Å². The summed E-state index contributed by atoms with van der Waals surface area (Å²) in [5.41, 5.74) is 4.12. The minimum Gasteiger partial charge on any atom is -0.482 e. The summed E-state index contributed by atoms with van der Waals surface area (Å²) in [5, 5.41) is 2.88. The number of amides is 2. The maximum Gasteiger partial charge on any atom is 0.264 e. The topological polar surface area (TPSA) is 58.6 Å². The van der Waals surface area contributed by atoms with Gasteiger partial charge in [0, 0.05) is 18.3 Å². The molecule has 1 N–H and O–H groups in total. The molecule has 0 radical (unpaired) electrons. The highest BCUT2D eigenvalue weighted by Gasteiger charge is 2.23. The van der Waals surface area contributed by atoms with E-state index in [1.807, 2.05) is 32.0 Å². The molecule has 5 nitrogen and oxygen atoms in total. The van der Waals surface area contributed by atoms with Gasteiger partial charge in [0.2, 0.25) is 0 Å². The summed E-state index contributed by atoms with van der Waals surface area (Å²) in [6, 6.07) is 10.9. The lowest BCUT2D eigenvalue weighted by atomic mass is 10.1. The smallest absolute Gasteiger partial charge is 0.264 e. The van der Waals surface area contributed by atoms with E-state index in [4.69, 9.17) is 4.74 Å². The molecule has 3 rings (SSSR count). The predicted octanol–water partition coefficient (Wildman–Crippen LogP) is 2.91. The van der Waals surface area contributed by atoms with Gasteiger partial charge in [0.25, 0.3) is 11.8 Å². The van der Waals surface area contributed by atoms with Crippen LogP contribution in [-0.2, 0) is 4.79 Å². The average molecular weight is 310 g/mol. The summed E-state index contributed by atoms with van der Waals surface area (Å²) in [6.45, 7) is 4.05. The van der Waals surface area contributed by atoms with Gasteiger partial charge in [-0.25, -0.2) is 0 Å². The Bertz CT molecular complexity index is 799. The minimum absolute atomic E-state index is 0.0255. The molecule has 0 aromatic heterocycles. The first kappa shape index (κ1) is 15.1. The van der Waals surface area contributed by atoms with Crippen molar-refractivity contribution in [2.45, 2.75) is 13.8 Å². The summed E-state index contributed by atoms with van der Waals surface area (Å²) < 4.78 is 5.37. The van der Waals surface area contributed by atoms with Gasteiger partial charge in [-0.15, -0.1) is 0 Å². The van der Waals surface area contributed by atoms with Crippen LogP contribution in [0.2, 0.25) is 0 Å². The molecule has 0 unspecified atom stereocenters. The first-order valence-electron chi connectivity index (χ1n) is 7.38. The van der Waals surface area contributed by atoms with Crippen molar-refractivity contribution in [1.82, 2.24) is 0 Å². The minimum atomic E-state index is -0.220. The van der Waals surface area contributed by atoms with E-state index in [1.54, 1.807) is 25.2 Å². The number of aryl methyl sites for hydroxylation is 2. The average Bonchev–Trinajstić information content (AvgIpc) is 2.54. The van der Waals surface area contributed by atoms with Crippen LogP contribution in [0.3, 0.4) is 0 Å². The lowest BCUT2D eigenvalue weighted by molar-refractivity contribution is -0.120. The zero-order chi connectivity index (χ0) is 16.6. The second-order valence-corrected chi connectivity index (χ2v) is 5.68. The first-order valence-corrected chi connectivity index (χ1v) is 7.38. The fourth-order valence-electron chi connectivity index (χ4n) is 2.44. The van der Waals surface area contributed by atoms with Gasteiger partial charge < -0.3 is 15.0 Å². The quantitative estimate of drug-likeness (QED) is 0.928. The molecule has 0 saturated carbocycles. The Labute approximate surface area is 134 Å². The molecular formula is C18H18N2O3. The summed E-state index contributed by atoms with van der Waals surface area (Å²) in [4.78, 5) is 25.6. The third-order valence-electron chi connectivity index (χ3n) is 4.07. The monoisotopic (exact) mass is 310 g/mol. The fraction of sp³-hybridized carbons (Fsp3) is 0.222. The van der Waals surface area contributed by atoms with Crippen LogP contribution in [0.25, 0.3) is 0 Å². The number of ether oxygens (including phenoxy) is 1. The van der Waals surface area contributed by atoms with E-state index in [-0.39, 0.29) is 18.4 Å². The Morgan fingerprint density at radius 3 is 2.65 bits per heavy atom. The van der Waals surface area contributed by atoms with Crippen molar-refractivity contribution in [3.8, 4) is 5.75 Å². The normalized spacial score (nSPS) is 13.3. The number of rotatable bonds is 2. The fourth-order valence-corrected chi connectivity index (χ4v) is 2.44. The number of hydrogen-bond acceptors (Lipinski definition) is 3. The standard InChI is InChI=1S/C18H18N2O3/c1-11-4-6-14(8-12(11)2)19-18(22)13-5-7-16-15(9-13)20(3)17(21)10-23-16/h4-9H,10H2,1-3H3,(H,19,22). The molecule has 1 aliphatic rings. The van der Waals surface area contributed by atoms with Crippen LogP contribution in [0.15, 0.2) is 36.4 Å². The molecule has 1 aliphatic heterocycles. The van der Waals surface area contributed by atoms with Crippen LogP contribution in [0.5, 0.6) is 5.75 Å². The number of nitrogens with one attached hydrogen (secondary N) is 1. The number of anilines is 2. The van der Waals surface area contributed by atoms with Gasteiger partial charge in [0.05, 0.1) is 5.69 Å². The molecule has 0 aliphatic carbocycles. The van der Waals surface area contributed by atoms with Crippen LogP contribution in [0, 0.1) is 13.8 Å². The molecule has 1 heterocycles. The Kier molecular flexibility index (Phi) is 3.78.